The highest BCUT2D eigenvalue weighted by Crippen LogP contribution is 2.27. The van der Waals surface area contributed by atoms with E-state index in [1.54, 1.807) is 0 Å². The third-order valence-corrected chi connectivity index (χ3v) is 3.54. The van der Waals surface area contributed by atoms with E-state index >= 15 is 0 Å². The minimum atomic E-state index is -0.158. The Labute approximate surface area is 100 Å². The molecule has 1 aliphatic carbocycles. The summed E-state index contributed by atoms with van der Waals surface area (Å²) in [5, 5.41) is 9.98. The SMILES string of the molecule is C/C1=C\CC(C)(C)/C=C/C[C@@H](C)[C@H](O)CC1. The van der Waals surface area contributed by atoms with Crippen molar-refractivity contribution in [2.75, 3.05) is 0 Å². The average molecular weight is 222 g/mol. The number of hydrogen-bond donors (Lipinski definition) is 1. The van der Waals surface area contributed by atoms with Crippen molar-refractivity contribution < 1.29 is 5.11 Å². The van der Waals surface area contributed by atoms with Crippen molar-refractivity contribution in [2.45, 2.75) is 59.5 Å². The second kappa shape index (κ2) is 5.67. The Morgan fingerprint density at radius 2 is 2.06 bits per heavy atom. The summed E-state index contributed by atoms with van der Waals surface area (Å²) in [6, 6.07) is 0. The van der Waals surface area contributed by atoms with Gasteiger partial charge in [-0.15, -0.1) is 0 Å². The van der Waals surface area contributed by atoms with Gasteiger partial charge in [-0.1, -0.05) is 44.6 Å². The van der Waals surface area contributed by atoms with Gasteiger partial charge in [0.2, 0.25) is 0 Å². The van der Waals surface area contributed by atoms with Gasteiger partial charge in [0, 0.05) is 0 Å². The van der Waals surface area contributed by atoms with Crippen molar-refractivity contribution in [3.8, 4) is 0 Å². The lowest BCUT2D eigenvalue weighted by atomic mass is 9.87. The zero-order chi connectivity index (χ0) is 12.2. The molecule has 1 aliphatic rings. The Morgan fingerprint density at radius 1 is 1.38 bits per heavy atom. The highest BCUT2D eigenvalue weighted by molar-refractivity contribution is 5.06. The van der Waals surface area contributed by atoms with E-state index in [1.165, 1.54) is 5.57 Å². The Bertz CT molecular complexity index is 273. The van der Waals surface area contributed by atoms with Gasteiger partial charge in [0.05, 0.1) is 6.10 Å². The van der Waals surface area contributed by atoms with Gasteiger partial charge >= 0.3 is 0 Å². The second-order valence-corrected chi connectivity index (χ2v) is 5.96. The number of hydrogen-bond acceptors (Lipinski definition) is 1. The van der Waals surface area contributed by atoms with Gasteiger partial charge in [0.15, 0.2) is 0 Å². The zero-order valence-corrected chi connectivity index (χ0v) is 11.2. The summed E-state index contributed by atoms with van der Waals surface area (Å²) in [4.78, 5) is 0. The van der Waals surface area contributed by atoms with Crippen LogP contribution >= 0.6 is 0 Å². The lowest BCUT2D eigenvalue weighted by Gasteiger charge is -2.18. The van der Waals surface area contributed by atoms with E-state index in [0.29, 0.717) is 5.92 Å². The largest absolute Gasteiger partial charge is 0.393 e. The summed E-state index contributed by atoms with van der Waals surface area (Å²) in [5.74, 6) is 0.373. The first kappa shape index (κ1) is 13.5. The first-order chi connectivity index (χ1) is 7.41. The average Bonchev–Trinajstić information content (AvgIpc) is 2.23. The molecule has 0 saturated carbocycles. The summed E-state index contributed by atoms with van der Waals surface area (Å²) in [6.07, 6.45) is 10.7. The molecule has 0 saturated heterocycles. The Hall–Kier alpha value is -0.560. The summed E-state index contributed by atoms with van der Waals surface area (Å²) >= 11 is 0. The molecule has 0 aliphatic heterocycles. The lowest BCUT2D eigenvalue weighted by Crippen LogP contribution is -2.16. The molecule has 0 bridgehead atoms. The normalized spacial score (nSPS) is 36.9. The fraction of sp³-hybridized carbons (Fsp3) is 0.733. The van der Waals surface area contributed by atoms with Crippen LogP contribution in [0, 0.1) is 11.3 Å². The fourth-order valence-corrected chi connectivity index (χ4v) is 2.03. The van der Waals surface area contributed by atoms with Gasteiger partial charge < -0.3 is 5.11 Å². The first-order valence-corrected chi connectivity index (χ1v) is 6.42. The van der Waals surface area contributed by atoms with E-state index in [1.807, 2.05) is 0 Å². The van der Waals surface area contributed by atoms with Crippen LogP contribution in [0.1, 0.15) is 53.4 Å². The Balaban J connectivity index is 2.77. The molecule has 1 N–H and O–H groups in total. The van der Waals surface area contributed by atoms with Crippen LogP contribution in [0.25, 0.3) is 0 Å². The van der Waals surface area contributed by atoms with Crippen LogP contribution in [-0.2, 0) is 0 Å². The molecular weight excluding hydrogens is 196 g/mol. The van der Waals surface area contributed by atoms with Gasteiger partial charge in [-0.05, 0) is 43.9 Å². The maximum Gasteiger partial charge on any atom is 0.0571 e. The third-order valence-electron chi connectivity index (χ3n) is 3.54. The van der Waals surface area contributed by atoms with Crippen molar-refractivity contribution in [1.82, 2.24) is 0 Å². The van der Waals surface area contributed by atoms with Gasteiger partial charge in [0.1, 0.15) is 0 Å². The molecule has 16 heavy (non-hydrogen) atoms. The summed E-state index contributed by atoms with van der Waals surface area (Å²) in [7, 11) is 0. The predicted octanol–water partition coefficient (Wildman–Crippen LogP) is 4.09. The molecule has 2 atom stereocenters. The summed E-state index contributed by atoms with van der Waals surface area (Å²) in [5.41, 5.74) is 1.66. The van der Waals surface area contributed by atoms with Crippen LogP contribution in [-0.4, -0.2) is 11.2 Å². The molecule has 1 rings (SSSR count). The van der Waals surface area contributed by atoms with Gasteiger partial charge in [-0.3, -0.25) is 0 Å². The number of aliphatic hydroxyl groups excluding tert-OH is 1. The quantitative estimate of drug-likeness (QED) is 0.612. The fourth-order valence-electron chi connectivity index (χ4n) is 2.03. The van der Waals surface area contributed by atoms with E-state index in [2.05, 4.69) is 45.9 Å². The monoisotopic (exact) mass is 222 g/mol. The van der Waals surface area contributed by atoms with Crippen LogP contribution in [0.2, 0.25) is 0 Å². The molecule has 0 aromatic carbocycles. The van der Waals surface area contributed by atoms with Crippen molar-refractivity contribution in [1.29, 1.82) is 0 Å². The van der Waals surface area contributed by atoms with Crippen LogP contribution in [0.5, 0.6) is 0 Å². The van der Waals surface area contributed by atoms with Crippen molar-refractivity contribution in [3.05, 3.63) is 23.8 Å². The molecule has 0 heterocycles. The van der Waals surface area contributed by atoms with E-state index in [0.717, 1.165) is 25.7 Å². The molecule has 0 unspecified atom stereocenters. The van der Waals surface area contributed by atoms with Crippen LogP contribution in [0.15, 0.2) is 23.8 Å². The Morgan fingerprint density at radius 3 is 2.75 bits per heavy atom. The molecule has 0 fully saturated rings. The highest BCUT2D eigenvalue weighted by atomic mass is 16.3. The first-order valence-electron chi connectivity index (χ1n) is 6.42. The lowest BCUT2D eigenvalue weighted by molar-refractivity contribution is 0.109. The molecule has 1 heteroatoms. The number of allylic oxidation sites excluding steroid dienone is 4. The van der Waals surface area contributed by atoms with Crippen LogP contribution < -0.4 is 0 Å². The van der Waals surface area contributed by atoms with E-state index < -0.39 is 0 Å². The minimum absolute atomic E-state index is 0.158. The van der Waals surface area contributed by atoms with Crippen LogP contribution in [0.4, 0.5) is 0 Å². The smallest absolute Gasteiger partial charge is 0.0571 e. The van der Waals surface area contributed by atoms with Crippen molar-refractivity contribution in [2.24, 2.45) is 11.3 Å². The van der Waals surface area contributed by atoms with Gasteiger partial charge in [-0.25, -0.2) is 0 Å². The third kappa shape index (κ3) is 4.52. The maximum absolute atomic E-state index is 9.98. The number of aliphatic hydroxyl groups is 1. The molecule has 1 nitrogen and oxygen atoms in total. The van der Waals surface area contributed by atoms with E-state index in [-0.39, 0.29) is 11.5 Å². The molecule has 0 spiro atoms. The standard InChI is InChI=1S/C15H26O/c1-12-7-8-14(16)13(2)6-5-10-15(3,4)11-9-12/h5,9-10,13-14,16H,6-8,11H2,1-4H3/b10-5+,12-9+/t13-,14-/m1/s1. The Kier molecular flexibility index (Phi) is 4.79. The molecule has 0 aromatic heterocycles. The zero-order valence-electron chi connectivity index (χ0n) is 11.2. The van der Waals surface area contributed by atoms with Crippen molar-refractivity contribution >= 4 is 0 Å². The molecular formula is C15H26O. The minimum Gasteiger partial charge on any atom is -0.393 e. The predicted molar refractivity (Wildman–Crippen MR) is 70.3 cm³/mol. The molecule has 92 valence electrons. The summed E-state index contributed by atoms with van der Waals surface area (Å²) in [6.45, 7) is 8.85. The second-order valence-electron chi connectivity index (χ2n) is 5.96. The topological polar surface area (TPSA) is 20.2 Å². The summed E-state index contributed by atoms with van der Waals surface area (Å²) < 4.78 is 0. The molecule has 0 amide bonds. The molecule has 0 radical (unpaired) electrons. The van der Waals surface area contributed by atoms with E-state index in [4.69, 9.17) is 0 Å². The van der Waals surface area contributed by atoms with Crippen molar-refractivity contribution in [3.63, 3.8) is 0 Å². The maximum atomic E-state index is 9.98. The van der Waals surface area contributed by atoms with Gasteiger partial charge in [0.25, 0.3) is 0 Å². The highest BCUT2D eigenvalue weighted by Gasteiger charge is 2.16. The molecule has 0 aromatic rings. The number of rotatable bonds is 0. The van der Waals surface area contributed by atoms with Gasteiger partial charge in [-0.2, -0.15) is 0 Å². The van der Waals surface area contributed by atoms with E-state index in [9.17, 15) is 5.11 Å². The van der Waals surface area contributed by atoms with Crippen LogP contribution in [0.3, 0.4) is 0 Å².